The molecule has 1 aliphatic rings. The number of aromatic nitrogens is 2. The smallest absolute Gasteiger partial charge is 0.258 e. The van der Waals surface area contributed by atoms with E-state index in [0.29, 0.717) is 35.1 Å². The Hall–Kier alpha value is -2.92. The number of nitrogens with zero attached hydrogens (tertiary/aromatic N) is 3. The van der Waals surface area contributed by atoms with Crippen molar-refractivity contribution in [2.24, 2.45) is 0 Å². The molecule has 1 unspecified atom stereocenters. The van der Waals surface area contributed by atoms with E-state index in [0.717, 1.165) is 18.4 Å². The van der Waals surface area contributed by atoms with Gasteiger partial charge in [-0.05, 0) is 56.0 Å². The lowest BCUT2D eigenvalue weighted by molar-refractivity contribution is 0.189. The minimum absolute atomic E-state index is 0.0281. The van der Waals surface area contributed by atoms with Gasteiger partial charge in [-0.25, -0.2) is 0 Å². The Morgan fingerprint density at radius 1 is 1.34 bits per heavy atom. The summed E-state index contributed by atoms with van der Waals surface area (Å²) < 4.78 is 11.2. The number of nitriles is 1. The molecule has 0 aliphatic heterocycles. The lowest BCUT2D eigenvalue weighted by Gasteiger charge is -2.16. The summed E-state index contributed by atoms with van der Waals surface area (Å²) in [6, 6.07) is 13.6. The molecular formula is C24H25ClN4O3. The van der Waals surface area contributed by atoms with Crippen LogP contribution in [0.3, 0.4) is 0 Å². The number of aliphatic hydroxyl groups is 1. The lowest BCUT2D eigenvalue weighted by Crippen LogP contribution is -2.30. The Morgan fingerprint density at radius 3 is 2.94 bits per heavy atom. The summed E-state index contributed by atoms with van der Waals surface area (Å²) in [6.07, 6.45) is 1.21. The first kappa shape index (κ1) is 22.3. The van der Waals surface area contributed by atoms with Gasteiger partial charge in [-0.2, -0.15) is 10.2 Å². The average Bonchev–Trinajstić information content (AvgIpc) is 3.44. The van der Waals surface area contributed by atoms with Crippen LogP contribution in [-0.2, 0) is 6.42 Å². The fourth-order valence-corrected chi connectivity index (χ4v) is 4.08. The number of ether oxygens (including phenoxy) is 1. The second-order valence-corrected chi connectivity index (χ2v) is 8.40. The van der Waals surface area contributed by atoms with Gasteiger partial charge in [-0.3, -0.25) is 0 Å². The van der Waals surface area contributed by atoms with Crippen LogP contribution in [0.15, 0.2) is 40.9 Å². The zero-order valence-corrected chi connectivity index (χ0v) is 18.8. The van der Waals surface area contributed by atoms with Gasteiger partial charge in [0.25, 0.3) is 5.89 Å². The molecule has 166 valence electrons. The summed E-state index contributed by atoms with van der Waals surface area (Å²) >= 11 is 5.70. The Balaban J connectivity index is 1.59. The molecule has 0 radical (unpaired) electrons. The Labute approximate surface area is 192 Å². The van der Waals surface area contributed by atoms with Crippen molar-refractivity contribution in [3.05, 3.63) is 53.1 Å². The van der Waals surface area contributed by atoms with Gasteiger partial charge in [0.15, 0.2) is 0 Å². The molecule has 0 saturated heterocycles. The standard InChI is InChI=1S/C24H25ClN4O3/c1-14(2)31-22-9-6-15(10-16(22)12-26)24-28-23(29-32-24)20-5-3-4-19-18(20)7-8-21(19)27-13-17(30)11-25/h3-6,9-10,14,17,21,27,30H,7-8,11,13H2,1-2H3/t17?,21-/m1/s1. The predicted molar refractivity (Wildman–Crippen MR) is 121 cm³/mol. The van der Waals surface area contributed by atoms with Gasteiger partial charge in [0.05, 0.1) is 17.8 Å². The molecule has 2 N–H and O–H groups in total. The maximum absolute atomic E-state index is 9.75. The molecule has 1 aromatic heterocycles. The van der Waals surface area contributed by atoms with Gasteiger partial charge in [0.1, 0.15) is 11.8 Å². The Morgan fingerprint density at radius 2 is 2.19 bits per heavy atom. The molecular weight excluding hydrogens is 428 g/mol. The zero-order valence-electron chi connectivity index (χ0n) is 18.0. The highest BCUT2D eigenvalue weighted by Crippen LogP contribution is 2.37. The van der Waals surface area contributed by atoms with Crippen molar-refractivity contribution in [2.45, 2.75) is 44.9 Å². The molecule has 0 fully saturated rings. The van der Waals surface area contributed by atoms with Crippen LogP contribution in [0.4, 0.5) is 0 Å². The second-order valence-electron chi connectivity index (χ2n) is 8.09. The number of alkyl halides is 1. The molecule has 7 nitrogen and oxygen atoms in total. The highest BCUT2D eigenvalue weighted by molar-refractivity contribution is 6.18. The number of benzene rings is 2. The number of aliphatic hydroxyl groups excluding tert-OH is 1. The number of halogens is 1. The van der Waals surface area contributed by atoms with Gasteiger partial charge in [0, 0.05) is 29.6 Å². The number of rotatable bonds is 8. The Kier molecular flexibility index (Phi) is 6.75. The molecule has 1 aliphatic carbocycles. The third-order valence-corrected chi connectivity index (χ3v) is 5.78. The van der Waals surface area contributed by atoms with Crippen molar-refractivity contribution >= 4 is 11.6 Å². The van der Waals surface area contributed by atoms with Crippen molar-refractivity contribution in [1.29, 1.82) is 5.26 Å². The van der Waals surface area contributed by atoms with Crippen LogP contribution in [0.5, 0.6) is 5.75 Å². The number of hydrogen-bond acceptors (Lipinski definition) is 7. The van der Waals surface area contributed by atoms with E-state index in [4.69, 9.17) is 20.9 Å². The maximum atomic E-state index is 9.75. The first-order valence-electron chi connectivity index (χ1n) is 10.6. The number of fused-ring (bicyclic) bond motifs is 1. The maximum Gasteiger partial charge on any atom is 0.258 e. The molecule has 2 aromatic carbocycles. The second kappa shape index (κ2) is 9.70. The fourth-order valence-electron chi connectivity index (χ4n) is 3.97. The molecule has 0 saturated carbocycles. The Bertz CT molecular complexity index is 1140. The molecule has 3 aromatic rings. The molecule has 0 amide bonds. The van der Waals surface area contributed by atoms with E-state index in [-0.39, 0.29) is 18.0 Å². The van der Waals surface area contributed by atoms with E-state index in [9.17, 15) is 10.4 Å². The summed E-state index contributed by atoms with van der Waals surface area (Å²) in [5.74, 6) is 1.60. The van der Waals surface area contributed by atoms with Gasteiger partial charge >= 0.3 is 0 Å². The number of hydrogen-bond donors (Lipinski definition) is 2. The van der Waals surface area contributed by atoms with Crippen molar-refractivity contribution in [3.63, 3.8) is 0 Å². The van der Waals surface area contributed by atoms with Gasteiger partial charge in [-0.15, -0.1) is 11.6 Å². The minimum atomic E-state index is -0.570. The monoisotopic (exact) mass is 452 g/mol. The quantitative estimate of drug-likeness (QED) is 0.492. The first-order valence-corrected chi connectivity index (χ1v) is 11.2. The van der Waals surface area contributed by atoms with Crippen LogP contribution in [-0.4, -0.2) is 39.9 Å². The van der Waals surface area contributed by atoms with Crippen LogP contribution in [0.2, 0.25) is 0 Å². The van der Waals surface area contributed by atoms with Crippen LogP contribution < -0.4 is 10.1 Å². The average molecular weight is 453 g/mol. The van der Waals surface area contributed by atoms with Crippen LogP contribution in [0.1, 0.15) is 43.0 Å². The minimum Gasteiger partial charge on any atom is -0.490 e. The largest absolute Gasteiger partial charge is 0.490 e. The lowest BCUT2D eigenvalue weighted by atomic mass is 10.0. The van der Waals surface area contributed by atoms with Crippen LogP contribution in [0.25, 0.3) is 22.8 Å². The summed E-state index contributed by atoms with van der Waals surface area (Å²) in [5, 5.41) is 26.8. The van der Waals surface area contributed by atoms with Gasteiger partial charge in [-0.1, -0.05) is 23.4 Å². The molecule has 2 atom stereocenters. The van der Waals surface area contributed by atoms with E-state index in [1.807, 2.05) is 32.0 Å². The first-order chi connectivity index (χ1) is 15.5. The van der Waals surface area contributed by atoms with Crippen molar-refractivity contribution in [3.8, 4) is 34.7 Å². The molecule has 32 heavy (non-hydrogen) atoms. The summed E-state index contributed by atoms with van der Waals surface area (Å²) in [4.78, 5) is 4.60. The zero-order chi connectivity index (χ0) is 22.7. The molecule has 4 rings (SSSR count). The molecule has 0 spiro atoms. The highest BCUT2D eigenvalue weighted by Gasteiger charge is 2.26. The highest BCUT2D eigenvalue weighted by atomic mass is 35.5. The van der Waals surface area contributed by atoms with Gasteiger partial charge in [0.2, 0.25) is 5.82 Å². The van der Waals surface area contributed by atoms with E-state index < -0.39 is 6.10 Å². The van der Waals surface area contributed by atoms with E-state index >= 15 is 0 Å². The summed E-state index contributed by atoms with van der Waals surface area (Å²) in [7, 11) is 0. The van der Waals surface area contributed by atoms with Gasteiger partial charge < -0.3 is 19.7 Å². The SMILES string of the molecule is CC(C)Oc1ccc(-c2nc(-c3cccc4c3CC[C@H]4NCC(O)CCl)no2)cc1C#N. The van der Waals surface area contributed by atoms with E-state index in [2.05, 4.69) is 27.6 Å². The van der Waals surface area contributed by atoms with E-state index in [1.165, 1.54) is 11.1 Å². The summed E-state index contributed by atoms with van der Waals surface area (Å²) in [5.41, 5.74) is 4.37. The topological polar surface area (TPSA) is 104 Å². The third kappa shape index (κ3) is 4.63. The third-order valence-electron chi connectivity index (χ3n) is 5.43. The molecule has 1 heterocycles. The van der Waals surface area contributed by atoms with Crippen molar-refractivity contribution in [1.82, 2.24) is 15.5 Å². The molecule has 0 bridgehead atoms. The molecule has 8 heteroatoms. The van der Waals surface area contributed by atoms with Crippen LogP contribution in [0, 0.1) is 11.3 Å². The van der Waals surface area contributed by atoms with E-state index in [1.54, 1.807) is 12.1 Å². The fraction of sp³-hybridized carbons (Fsp3) is 0.375. The van der Waals surface area contributed by atoms with Crippen molar-refractivity contribution in [2.75, 3.05) is 12.4 Å². The number of nitrogens with one attached hydrogen (secondary N) is 1. The normalized spacial score (nSPS) is 16.1. The van der Waals surface area contributed by atoms with Crippen LogP contribution >= 0.6 is 11.6 Å². The summed E-state index contributed by atoms with van der Waals surface area (Å²) in [6.45, 7) is 4.28. The predicted octanol–water partition coefficient (Wildman–Crippen LogP) is 4.24. The van der Waals surface area contributed by atoms with Crippen molar-refractivity contribution < 1.29 is 14.4 Å².